The molecule has 0 spiro atoms. The monoisotopic (exact) mass is 299 g/mol. The standard InChI is InChI=1S/C12H14ClN3O2S/c1-12(2,3)15-11(17)8-9(16-18-10(8)14)6-4-5-7(13)19-6/h4-5H,14H2,1-3H3,(H,15,17). The maximum atomic E-state index is 12.2. The largest absolute Gasteiger partial charge is 0.367 e. The van der Waals surface area contributed by atoms with Crippen LogP contribution in [0.2, 0.25) is 4.34 Å². The van der Waals surface area contributed by atoms with E-state index in [4.69, 9.17) is 21.9 Å². The molecule has 5 nitrogen and oxygen atoms in total. The fourth-order valence-corrected chi connectivity index (χ4v) is 2.57. The zero-order chi connectivity index (χ0) is 14.2. The molecule has 102 valence electrons. The molecular weight excluding hydrogens is 286 g/mol. The molecule has 0 aliphatic rings. The van der Waals surface area contributed by atoms with Crippen molar-refractivity contribution in [1.29, 1.82) is 0 Å². The van der Waals surface area contributed by atoms with Crippen molar-refractivity contribution in [1.82, 2.24) is 10.5 Å². The Kier molecular flexibility index (Phi) is 3.56. The molecule has 0 saturated carbocycles. The van der Waals surface area contributed by atoms with Crippen LogP contribution in [0.4, 0.5) is 5.88 Å². The Labute approximate surface area is 119 Å². The van der Waals surface area contributed by atoms with E-state index in [9.17, 15) is 4.79 Å². The number of carbonyl (C=O) groups excluding carboxylic acids is 1. The number of nitrogens with two attached hydrogens (primary N) is 1. The van der Waals surface area contributed by atoms with Gasteiger partial charge in [-0.25, -0.2) is 0 Å². The Morgan fingerprint density at radius 2 is 2.16 bits per heavy atom. The molecule has 0 fully saturated rings. The zero-order valence-corrected chi connectivity index (χ0v) is 12.4. The normalized spacial score (nSPS) is 11.6. The van der Waals surface area contributed by atoms with Crippen molar-refractivity contribution in [2.75, 3.05) is 5.73 Å². The number of halogens is 1. The molecule has 0 aliphatic carbocycles. The highest BCUT2D eigenvalue weighted by atomic mass is 35.5. The summed E-state index contributed by atoms with van der Waals surface area (Å²) in [6, 6.07) is 3.51. The average molecular weight is 300 g/mol. The Morgan fingerprint density at radius 3 is 2.68 bits per heavy atom. The third kappa shape index (κ3) is 3.08. The zero-order valence-electron chi connectivity index (χ0n) is 10.8. The van der Waals surface area contributed by atoms with Crippen LogP contribution in [0.3, 0.4) is 0 Å². The van der Waals surface area contributed by atoms with Gasteiger partial charge in [0.25, 0.3) is 5.91 Å². The number of hydrogen-bond acceptors (Lipinski definition) is 5. The first-order valence-corrected chi connectivity index (χ1v) is 6.81. The SMILES string of the molecule is CC(C)(C)NC(=O)c1c(-c2ccc(Cl)s2)noc1N. The summed E-state index contributed by atoms with van der Waals surface area (Å²) in [5, 5.41) is 6.67. The van der Waals surface area contributed by atoms with Gasteiger partial charge in [0, 0.05) is 5.54 Å². The number of rotatable bonds is 2. The van der Waals surface area contributed by atoms with Crippen molar-refractivity contribution in [3.8, 4) is 10.6 Å². The number of thiophene rings is 1. The molecule has 1 amide bonds. The molecule has 2 rings (SSSR count). The summed E-state index contributed by atoms with van der Waals surface area (Å²) in [6.07, 6.45) is 0. The Bertz CT molecular complexity index is 613. The lowest BCUT2D eigenvalue weighted by Crippen LogP contribution is -2.40. The Balaban J connectivity index is 2.41. The lowest BCUT2D eigenvalue weighted by Gasteiger charge is -2.20. The van der Waals surface area contributed by atoms with Gasteiger partial charge in [-0.05, 0) is 32.9 Å². The number of nitrogens with zero attached hydrogens (tertiary/aromatic N) is 1. The van der Waals surface area contributed by atoms with E-state index in [1.165, 1.54) is 11.3 Å². The molecule has 3 N–H and O–H groups in total. The predicted molar refractivity (Wildman–Crippen MR) is 76.5 cm³/mol. The summed E-state index contributed by atoms with van der Waals surface area (Å²) in [5.41, 5.74) is 5.97. The molecule has 0 radical (unpaired) electrons. The summed E-state index contributed by atoms with van der Waals surface area (Å²) in [4.78, 5) is 13.0. The van der Waals surface area contributed by atoms with Crippen LogP contribution in [0.25, 0.3) is 10.6 Å². The van der Waals surface area contributed by atoms with Crippen LogP contribution >= 0.6 is 22.9 Å². The van der Waals surface area contributed by atoms with Crippen LogP contribution in [0.1, 0.15) is 31.1 Å². The maximum absolute atomic E-state index is 12.2. The van der Waals surface area contributed by atoms with Crippen molar-refractivity contribution >= 4 is 34.7 Å². The second-order valence-corrected chi connectivity index (χ2v) is 6.79. The van der Waals surface area contributed by atoms with Gasteiger partial charge in [-0.3, -0.25) is 4.79 Å². The summed E-state index contributed by atoms with van der Waals surface area (Å²) in [5.74, 6) is -0.313. The third-order valence-electron chi connectivity index (χ3n) is 2.24. The number of anilines is 1. The number of aromatic nitrogens is 1. The van der Waals surface area contributed by atoms with Gasteiger partial charge in [0.15, 0.2) is 0 Å². The van der Waals surface area contributed by atoms with Gasteiger partial charge in [-0.15, -0.1) is 11.3 Å². The number of carbonyl (C=O) groups is 1. The van der Waals surface area contributed by atoms with E-state index in [2.05, 4.69) is 10.5 Å². The molecule has 0 aliphatic heterocycles. The molecule has 7 heteroatoms. The van der Waals surface area contributed by atoms with Crippen LogP contribution in [-0.4, -0.2) is 16.6 Å². The van der Waals surface area contributed by atoms with Gasteiger partial charge in [0.1, 0.15) is 11.3 Å². The summed E-state index contributed by atoms with van der Waals surface area (Å²) < 4.78 is 5.54. The highest BCUT2D eigenvalue weighted by molar-refractivity contribution is 7.19. The van der Waals surface area contributed by atoms with Crippen molar-refractivity contribution in [3.05, 3.63) is 22.0 Å². The second kappa shape index (κ2) is 4.86. The van der Waals surface area contributed by atoms with Crippen molar-refractivity contribution in [3.63, 3.8) is 0 Å². The predicted octanol–water partition coefficient (Wildman–Crippen LogP) is 3.17. The molecular formula is C12H14ClN3O2S. The van der Waals surface area contributed by atoms with E-state index in [1.807, 2.05) is 20.8 Å². The number of nitrogen functional groups attached to an aromatic ring is 1. The van der Waals surface area contributed by atoms with E-state index in [0.29, 0.717) is 10.0 Å². The van der Waals surface area contributed by atoms with Gasteiger partial charge in [-0.1, -0.05) is 16.8 Å². The summed E-state index contributed by atoms with van der Waals surface area (Å²) in [6.45, 7) is 5.66. The van der Waals surface area contributed by atoms with Gasteiger partial charge in [0.05, 0.1) is 9.21 Å². The fourth-order valence-electron chi connectivity index (χ4n) is 1.54. The molecule has 19 heavy (non-hydrogen) atoms. The van der Waals surface area contributed by atoms with Crippen LogP contribution in [0.5, 0.6) is 0 Å². The highest BCUT2D eigenvalue weighted by Gasteiger charge is 2.26. The van der Waals surface area contributed by atoms with Gasteiger partial charge < -0.3 is 15.6 Å². The molecule has 2 aromatic rings. The van der Waals surface area contributed by atoms with Crippen LogP contribution < -0.4 is 11.1 Å². The fraction of sp³-hybridized carbons (Fsp3) is 0.333. The number of nitrogens with one attached hydrogen (secondary N) is 1. The first kappa shape index (κ1) is 13.9. The molecule has 2 heterocycles. The van der Waals surface area contributed by atoms with E-state index in [0.717, 1.165) is 4.88 Å². The Morgan fingerprint density at radius 1 is 1.47 bits per heavy atom. The van der Waals surface area contributed by atoms with E-state index in [1.54, 1.807) is 12.1 Å². The Hall–Kier alpha value is -1.53. The quantitative estimate of drug-likeness (QED) is 0.892. The van der Waals surface area contributed by atoms with Gasteiger partial charge >= 0.3 is 0 Å². The molecule has 0 saturated heterocycles. The first-order valence-electron chi connectivity index (χ1n) is 5.61. The minimum Gasteiger partial charge on any atom is -0.367 e. The lowest BCUT2D eigenvalue weighted by atomic mass is 10.1. The van der Waals surface area contributed by atoms with Gasteiger partial charge in [0.2, 0.25) is 5.88 Å². The maximum Gasteiger partial charge on any atom is 0.259 e. The third-order valence-corrected chi connectivity index (χ3v) is 3.48. The summed E-state index contributed by atoms with van der Waals surface area (Å²) in [7, 11) is 0. The van der Waals surface area contributed by atoms with Gasteiger partial charge in [-0.2, -0.15) is 0 Å². The lowest BCUT2D eigenvalue weighted by molar-refractivity contribution is 0.0921. The first-order chi connectivity index (χ1) is 8.78. The molecule has 0 unspecified atom stereocenters. The number of hydrogen-bond donors (Lipinski definition) is 2. The van der Waals surface area contributed by atoms with E-state index < -0.39 is 0 Å². The van der Waals surface area contributed by atoms with E-state index >= 15 is 0 Å². The molecule has 0 bridgehead atoms. The van der Waals surface area contributed by atoms with Crippen LogP contribution in [0, 0.1) is 0 Å². The van der Waals surface area contributed by atoms with E-state index in [-0.39, 0.29) is 22.9 Å². The number of amides is 1. The minimum atomic E-state index is -0.370. The molecule has 2 aromatic heterocycles. The molecule has 0 aromatic carbocycles. The molecule has 0 atom stereocenters. The topological polar surface area (TPSA) is 81.2 Å². The van der Waals surface area contributed by atoms with Crippen LogP contribution in [0.15, 0.2) is 16.7 Å². The summed E-state index contributed by atoms with van der Waals surface area (Å²) >= 11 is 7.19. The smallest absolute Gasteiger partial charge is 0.259 e. The highest BCUT2D eigenvalue weighted by Crippen LogP contribution is 2.34. The minimum absolute atomic E-state index is 0.00118. The van der Waals surface area contributed by atoms with Crippen molar-refractivity contribution < 1.29 is 9.32 Å². The van der Waals surface area contributed by atoms with Crippen molar-refractivity contribution in [2.45, 2.75) is 26.3 Å². The van der Waals surface area contributed by atoms with Crippen LogP contribution in [-0.2, 0) is 0 Å². The second-order valence-electron chi connectivity index (χ2n) is 5.08. The van der Waals surface area contributed by atoms with Crippen molar-refractivity contribution in [2.24, 2.45) is 0 Å². The average Bonchev–Trinajstić information content (AvgIpc) is 2.81.